The molecule has 2 rings (SSSR count). The van der Waals surface area contributed by atoms with Gasteiger partial charge in [0.25, 0.3) is 0 Å². The molecule has 5 heteroatoms. The van der Waals surface area contributed by atoms with Gasteiger partial charge in [-0.2, -0.15) is 0 Å². The van der Waals surface area contributed by atoms with Crippen LogP contribution in [0.4, 0.5) is 4.39 Å². The first kappa shape index (κ1) is 19.2. The van der Waals surface area contributed by atoms with Crippen molar-refractivity contribution in [2.75, 3.05) is 0 Å². The van der Waals surface area contributed by atoms with E-state index >= 15 is 0 Å². The van der Waals surface area contributed by atoms with Crippen LogP contribution in [0.2, 0.25) is 0 Å². The number of nitrogens with zero attached hydrogens (tertiary/aromatic N) is 1. The van der Waals surface area contributed by atoms with Gasteiger partial charge in [0, 0.05) is 18.5 Å². The topological polar surface area (TPSA) is 49.4 Å². The molecular formula is C20H27FN2O2. The normalized spacial score (nSPS) is 20.8. The molecule has 2 atom stereocenters. The van der Waals surface area contributed by atoms with Crippen LogP contribution in [0.3, 0.4) is 0 Å². The van der Waals surface area contributed by atoms with Crippen molar-refractivity contribution in [3.63, 3.8) is 0 Å². The van der Waals surface area contributed by atoms with Crippen LogP contribution < -0.4 is 5.32 Å². The largest absolute Gasteiger partial charge is 0.351 e. The molecule has 1 aliphatic rings. The molecule has 136 valence electrons. The smallest absolute Gasteiger partial charge is 0.246 e. The van der Waals surface area contributed by atoms with Gasteiger partial charge in [-0.15, -0.1) is 0 Å². The maximum Gasteiger partial charge on any atom is 0.246 e. The summed E-state index contributed by atoms with van der Waals surface area (Å²) < 4.78 is 14.3. The minimum Gasteiger partial charge on any atom is -0.351 e. The van der Waals surface area contributed by atoms with Gasteiger partial charge in [-0.3, -0.25) is 9.59 Å². The lowest BCUT2D eigenvalue weighted by molar-refractivity contribution is -0.136. The molecule has 1 aromatic rings. The van der Waals surface area contributed by atoms with E-state index in [2.05, 4.69) is 11.9 Å². The van der Waals surface area contributed by atoms with Gasteiger partial charge in [-0.1, -0.05) is 39.5 Å². The Labute approximate surface area is 149 Å². The minimum atomic E-state index is -0.325. The molecular weight excluding hydrogens is 319 g/mol. The van der Waals surface area contributed by atoms with E-state index in [9.17, 15) is 14.0 Å². The molecule has 0 aromatic heterocycles. The van der Waals surface area contributed by atoms with Crippen molar-refractivity contribution in [2.45, 2.75) is 59.2 Å². The van der Waals surface area contributed by atoms with Gasteiger partial charge in [0.1, 0.15) is 5.82 Å². The number of aryl methyl sites for hydroxylation is 1. The van der Waals surface area contributed by atoms with Crippen LogP contribution in [0, 0.1) is 18.2 Å². The maximum absolute atomic E-state index is 14.3. The molecule has 0 saturated carbocycles. The SMILES string of the molecule is C=CC(=O)N(Cc1ccc(C)cc1F)[C@@H]1CCC(=O)N[C@H]1C(C)(C)C. The van der Waals surface area contributed by atoms with E-state index in [1.54, 1.807) is 11.0 Å². The van der Waals surface area contributed by atoms with Gasteiger partial charge in [-0.05, 0) is 36.5 Å². The Morgan fingerprint density at radius 3 is 2.68 bits per heavy atom. The monoisotopic (exact) mass is 346 g/mol. The minimum absolute atomic E-state index is 0.0105. The number of amides is 2. The van der Waals surface area contributed by atoms with Crippen LogP contribution in [0.5, 0.6) is 0 Å². The Hall–Kier alpha value is -2.17. The third-order valence-corrected chi connectivity index (χ3v) is 4.71. The zero-order chi connectivity index (χ0) is 18.8. The molecule has 1 aliphatic heterocycles. The summed E-state index contributed by atoms with van der Waals surface area (Å²) in [5.41, 5.74) is 1.07. The van der Waals surface area contributed by atoms with E-state index in [1.165, 1.54) is 12.1 Å². The van der Waals surface area contributed by atoms with E-state index in [1.807, 2.05) is 33.8 Å². The van der Waals surface area contributed by atoms with E-state index in [0.29, 0.717) is 18.4 Å². The predicted octanol–water partition coefficient (Wildman–Crippen LogP) is 3.34. The average Bonchev–Trinajstić information content (AvgIpc) is 2.53. The first-order chi connectivity index (χ1) is 11.6. The van der Waals surface area contributed by atoms with Crippen LogP contribution in [-0.2, 0) is 16.1 Å². The lowest BCUT2D eigenvalue weighted by Crippen LogP contribution is -2.61. The molecule has 0 radical (unpaired) electrons. The Kier molecular flexibility index (Phi) is 5.65. The summed E-state index contributed by atoms with van der Waals surface area (Å²) in [6.07, 6.45) is 2.16. The fourth-order valence-corrected chi connectivity index (χ4v) is 3.36. The summed E-state index contributed by atoms with van der Waals surface area (Å²) in [4.78, 5) is 26.0. The molecule has 1 saturated heterocycles. The van der Waals surface area contributed by atoms with Crippen molar-refractivity contribution < 1.29 is 14.0 Å². The number of hydrogen-bond donors (Lipinski definition) is 1. The quantitative estimate of drug-likeness (QED) is 0.850. The summed E-state index contributed by atoms with van der Waals surface area (Å²) >= 11 is 0. The Bertz CT molecular complexity index is 679. The number of carbonyl (C=O) groups is 2. The zero-order valence-electron chi connectivity index (χ0n) is 15.4. The third-order valence-electron chi connectivity index (χ3n) is 4.71. The molecule has 1 heterocycles. The van der Waals surface area contributed by atoms with E-state index in [0.717, 1.165) is 5.56 Å². The molecule has 0 spiro atoms. The summed E-state index contributed by atoms with van der Waals surface area (Å²) in [5, 5.41) is 3.01. The average molecular weight is 346 g/mol. The van der Waals surface area contributed by atoms with Gasteiger partial charge in [0.05, 0.1) is 12.1 Å². The number of hydrogen-bond acceptors (Lipinski definition) is 2. The van der Waals surface area contributed by atoms with Crippen LogP contribution in [0.1, 0.15) is 44.7 Å². The molecule has 1 N–H and O–H groups in total. The fraction of sp³-hybridized carbons (Fsp3) is 0.500. The summed E-state index contributed by atoms with van der Waals surface area (Å²) in [7, 11) is 0. The zero-order valence-corrected chi connectivity index (χ0v) is 15.4. The van der Waals surface area contributed by atoms with Gasteiger partial charge < -0.3 is 10.2 Å². The second-order valence-corrected chi connectivity index (χ2v) is 7.78. The molecule has 25 heavy (non-hydrogen) atoms. The molecule has 0 unspecified atom stereocenters. The lowest BCUT2D eigenvalue weighted by atomic mass is 9.78. The number of halogens is 1. The molecule has 0 bridgehead atoms. The molecule has 4 nitrogen and oxygen atoms in total. The number of nitrogens with one attached hydrogen (secondary N) is 1. The standard InChI is InChI=1S/C20H27FN2O2/c1-6-18(25)23(12-14-8-7-13(2)11-15(14)21)16-9-10-17(24)22-19(16)20(3,4)5/h6-8,11,16,19H,1,9-10,12H2,2-5H3,(H,22,24)/t16-,19-/m1/s1. The van der Waals surface area contributed by atoms with Crippen molar-refractivity contribution >= 4 is 11.8 Å². The highest BCUT2D eigenvalue weighted by molar-refractivity contribution is 5.87. The van der Waals surface area contributed by atoms with E-state index in [4.69, 9.17) is 0 Å². The summed E-state index contributed by atoms with van der Waals surface area (Å²) in [5.74, 6) is -0.590. The van der Waals surface area contributed by atoms with Crippen molar-refractivity contribution in [3.8, 4) is 0 Å². The molecule has 0 aliphatic carbocycles. The number of benzene rings is 1. The second-order valence-electron chi connectivity index (χ2n) is 7.78. The predicted molar refractivity (Wildman–Crippen MR) is 96.3 cm³/mol. The number of carbonyl (C=O) groups excluding carboxylic acids is 2. The van der Waals surface area contributed by atoms with Crippen molar-refractivity contribution in [1.82, 2.24) is 10.2 Å². The van der Waals surface area contributed by atoms with Crippen molar-refractivity contribution in [3.05, 3.63) is 47.8 Å². The van der Waals surface area contributed by atoms with Crippen LogP contribution >= 0.6 is 0 Å². The summed E-state index contributed by atoms with van der Waals surface area (Å²) in [6.45, 7) is 11.6. The van der Waals surface area contributed by atoms with Gasteiger partial charge in [-0.25, -0.2) is 4.39 Å². The van der Waals surface area contributed by atoms with Crippen LogP contribution in [0.15, 0.2) is 30.9 Å². The Morgan fingerprint density at radius 1 is 1.44 bits per heavy atom. The highest BCUT2D eigenvalue weighted by Gasteiger charge is 2.41. The highest BCUT2D eigenvalue weighted by Crippen LogP contribution is 2.31. The van der Waals surface area contributed by atoms with Gasteiger partial charge in [0.15, 0.2) is 0 Å². The Balaban J connectivity index is 2.36. The van der Waals surface area contributed by atoms with Crippen molar-refractivity contribution in [1.29, 1.82) is 0 Å². The highest BCUT2D eigenvalue weighted by atomic mass is 19.1. The van der Waals surface area contributed by atoms with Crippen LogP contribution in [0.25, 0.3) is 0 Å². The second kappa shape index (κ2) is 7.38. The van der Waals surface area contributed by atoms with Gasteiger partial charge >= 0.3 is 0 Å². The number of piperidine rings is 1. The molecule has 1 fully saturated rings. The molecule has 1 aromatic carbocycles. The third kappa shape index (κ3) is 4.47. The number of rotatable bonds is 4. The summed E-state index contributed by atoms with van der Waals surface area (Å²) in [6, 6.07) is 4.60. The molecule has 2 amide bonds. The lowest BCUT2D eigenvalue weighted by Gasteiger charge is -2.45. The van der Waals surface area contributed by atoms with Crippen LogP contribution in [-0.4, -0.2) is 28.8 Å². The Morgan fingerprint density at radius 2 is 2.12 bits per heavy atom. The fourth-order valence-electron chi connectivity index (χ4n) is 3.36. The first-order valence-electron chi connectivity index (χ1n) is 8.61. The van der Waals surface area contributed by atoms with E-state index < -0.39 is 0 Å². The van der Waals surface area contributed by atoms with Gasteiger partial charge in [0.2, 0.25) is 11.8 Å². The van der Waals surface area contributed by atoms with Crippen molar-refractivity contribution in [2.24, 2.45) is 5.41 Å². The first-order valence-corrected chi connectivity index (χ1v) is 8.61. The maximum atomic E-state index is 14.3. The van der Waals surface area contributed by atoms with E-state index in [-0.39, 0.29) is 41.7 Å².